The molecule has 2 aromatic rings. The summed E-state index contributed by atoms with van der Waals surface area (Å²) in [4.78, 5) is 25.3. The largest absolute Gasteiger partial charge is 0.444 e. The monoisotopic (exact) mass is 386 g/mol. The van der Waals surface area contributed by atoms with E-state index >= 15 is 0 Å². The van der Waals surface area contributed by atoms with E-state index in [-0.39, 0.29) is 12.5 Å². The number of nitrogens with zero attached hydrogens (tertiary/aromatic N) is 1. The summed E-state index contributed by atoms with van der Waals surface area (Å²) in [5.74, 6) is 0.594. The first-order valence-electron chi connectivity index (χ1n) is 9.05. The van der Waals surface area contributed by atoms with Gasteiger partial charge in [-0.1, -0.05) is 35.9 Å². The first-order chi connectivity index (χ1) is 13.0. The molecule has 2 amide bonds. The zero-order valence-electron chi connectivity index (χ0n) is 15.3. The van der Waals surface area contributed by atoms with Crippen LogP contribution in [0.3, 0.4) is 0 Å². The van der Waals surface area contributed by atoms with Gasteiger partial charge in [0.1, 0.15) is 6.61 Å². The number of rotatable bonds is 4. The maximum atomic E-state index is 11.9. The van der Waals surface area contributed by atoms with Crippen LogP contribution in [0, 0.1) is 0 Å². The van der Waals surface area contributed by atoms with Gasteiger partial charge in [0.25, 0.3) is 0 Å². The first kappa shape index (κ1) is 19.2. The van der Waals surface area contributed by atoms with E-state index in [1.54, 1.807) is 19.1 Å². The number of piperidine rings is 1. The molecule has 1 N–H and O–H groups in total. The lowest BCUT2D eigenvalue weighted by Crippen LogP contribution is -2.36. The molecule has 5 nitrogen and oxygen atoms in total. The quantitative estimate of drug-likeness (QED) is 0.819. The smallest absolute Gasteiger partial charge is 0.411 e. The van der Waals surface area contributed by atoms with Crippen molar-refractivity contribution >= 4 is 29.3 Å². The molecule has 0 unspecified atom stereocenters. The number of carbonyl (C=O) groups is 2. The van der Waals surface area contributed by atoms with E-state index in [1.165, 1.54) is 5.56 Å². The minimum Gasteiger partial charge on any atom is -0.444 e. The van der Waals surface area contributed by atoms with Crippen molar-refractivity contribution in [3.63, 3.8) is 0 Å². The summed E-state index contributed by atoms with van der Waals surface area (Å²) >= 11 is 5.83. The van der Waals surface area contributed by atoms with Crippen molar-refractivity contribution < 1.29 is 14.3 Å². The number of nitrogens with one attached hydrogen (secondary N) is 1. The van der Waals surface area contributed by atoms with Gasteiger partial charge in [-0.05, 0) is 54.2 Å². The number of benzene rings is 2. The minimum absolute atomic E-state index is 0.144. The van der Waals surface area contributed by atoms with Crippen LogP contribution in [0.5, 0.6) is 0 Å². The van der Waals surface area contributed by atoms with Crippen LogP contribution in [0.25, 0.3) is 0 Å². The third-order valence-electron chi connectivity index (χ3n) is 4.85. The molecule has 142 valence electrons. The molecule has 0 aliphatic carbocycles. The number of carbonyl (C=O) groups excluding carboxylic acids is 2. The van der Waals surface area contributed by atoms with Crippen molar-refractivity contribution in [2.75, 3.05) is 18.4 Å². The topological polar surface area (TPSA) is 58.6 Å². The van der Waals surface area contributed by atoms with Gasteiger partial charge in [0, 0.05) is 30.7 Å². The number of hydrogen-bond donors (Lipinski definition) is 1. The molecule has 0 radical (unpaired) electrons. The fraction of sp³-hybridized carbons (Fsp3) is 0.333. The zero-order chi connectivity index (χ0) is 19.2. The maximum Gasteiger partial charge on any atom is 0.411 e. The lowest BCUT2D eigenvalue weighted by Gasteiger charge is -2.31. The number of amides is 2. The number of anilines is 1. The van der Waals surface area contributed by atoms with Gasteiger partial charge >= 0.3 is 6.09 Å². The maximum absolute atomic E-state index is 11.9. The Kier molecular flexibility index (Phi) is 6.35. The Morgan fingerprint density at radius 2 is 1.70 bits per heavy atom. The zero-order valence-corrected chi connectivity index (χ0v) is 16.0. The molecule has 1 heterocycles. The Balaban J connectivity index is 1.48. The van der Waals surface area contributed by atoms with Crippen LogP contribution in [0.15, 0.2) is 48.5 Å². The molecule has 1 fully saturated rings. The standard InChI is InChI=1S/C21H23ClN2O3/c1-15(25)24-12-10-18(11-13-24)17-4-8-20(9-5-17)23-21(26)27-14-16-2-6-19(22)7-3-16/h2-9,18H,10-14H2,1H3,(H,23,26). The van der Waals surface area contributed by atoms with Gasteiger partial charge in [-0.25, -0.2) is 4.79 Å². The fourth-order valence-electron chi connectivity index (χ4n) is 3.25. The highest BCUT2D eigenvalue weighted by atomic mass is 35.5. The van der Waals surface area contributed by atoms with E-state index in [2.05, 4.69) is 5.32 Å². The Hall–Kier alpha value is -2.53. The lowest BCUT2D eigenvalue weighted by molar-refractivity contribution is -0.129. The molecular formula is C21H23ClN2O3. The first-order valence-corrected chi connectivity index (χ1v) is 9.43. The van der Waals surface area contributed by atoms with E-state index in [1.807, 2.05) is 41.3 Å². The van der Waals surface area contributed by atoms with Gasteiger partial charge in [-0.15, -0.1) is 0 Å². The summed E-state index contributed by atoms with van der Waals surface area (Å²) in [6, 6.07) is 15.0. The van der Waals surface area contributed by atoms with Crippen molar-refractivity contribution in [1.29, 1.82) is 0 Å². The number of ether oxygens (including phenoxy) is 1. The van der Waals surface area contributed by atoms with Crippen LogP contribution in [0.2, 0.25) is 5.02 Å². The second kappa shape index (κ2) is 8.91. The lowest BCUT2D eigenvalue weighted by atomic mass is 9.89. The molecule has 1 saturated heterocycles. The summed E-state index contributed by atoms with van der Waals surface area (Å²) in [5, 5.41) is 3.38. The van der Waals surface area contributed by atoms with Gasteiger partial charge in [0.05, 0.1) is 0 Å². The SMILES string of the molecule is CC(=O)N1CCC(c2ccc(NC(=O)OCc3ccc(Cl)cc3)cc2)CC1. The Morgan fingerprint density at radius 1 is 1.07 bits per heavy atom. The summed E-state index contributed by atoms with van der Waals surface area (Å²) in [6.07, 6.45) is 1.44. The van der Waals surface area contributed by atoms with Crippen LogP contribution < -0.4 is 5.32 Å². The average Bonchev–Trinajstić information content (AvgIpc) is 2.68. The number of likely N-dealkylation sites (tertiary alicyclic amines) is 1. The number of hydrogen-bond acceptors (Lipinski definition) is 3. The average molecular weight is 387 g/mol. The van der Waals surface area contributed by atoms with E-state index < -0.39 is 6.09 Å². The van der Waals surface area contributed by atoms with Crippen molar-refractivity contribution in [2.45, 2.75) is 32.3 Å². The van der Waals surface area contributed by atoms with Gasteiger partial charge in [0.2, 0.25) is 5.91 Å². The third-order valence-corrected chi connectivity index (χ3v) is 5.10. The molecule has 27 heavy (non-hydrogen) atoms. The van der Waals surface area contributed by atoms with Gasteiger partial charge in [-0.2, -0.15) is 0 Å². The summed E-state index contributed by atoms with van der Waals surface area (Å²) in [7, 11) is 0. The van der Waals surface area contributed by atoms with E-state index in [0.717, 1.165) is 31.5 Å². The van der Waals surface area contributed by atoms with Crippen LogP contribution in [-0.2, 0) is 16.1 Å². The predicted molar refractivity (Wildman–Crippen MR) is 106 cm³/mol. The van der Waals surface area contributed by atoms with Crippen molar-refractivity contribution in [2.24, 2.45) is 0 Å². The summed E-state index contributed by atoms with van der Waals surface area (Å²) < 4.78 is 5.22. The van der Waals surface area contributed by atoms with E-state index in [4.69, 9.17) is 16.3 Å². The Labute approximate surface area is 164 Å². The van der Waals surface area contributed by atoms with Gasteiger partial charge in [0.15, 0.2) is 0 Å². The van der Waals surface area contributed by atoms with E-state index in [9.17, 15) is 9.59 Å². The summed E-state index contributed by atoms with van der Waals surface area (Å²) in [5.41, 5.74) is 2.81. The van der Waals surface area contributed by atoms with Crippen molar-refractivity contribution in [3.8, 4) is 0 Å². The minimum atomic E-state index is -0.493. The van der Waals surface area contributed by atoms with Crippen LogP contribution in [0.4, 0.5) is 10.5 Å². The van der Waals surface area contributed by atoms with E-state index in [0.29, 0.717) is 16.6 Å². The van der Waals surface area contributed by atoms with Crippen molar-refractivity contribution in [1.82, 2.24) is 4.90 Å². The fourth-order valence-corrected chi connectivity index (χ4v) is 3.38. The molecule has 6 heteroatoms. The molecule has 0 saturated carbocycles. The molecular weight excluding hydrogens is 364 g/mol. The molecule has 0 spiro atoms. The van der Waals surface area contributed by atoms with Crippen LogP contribution >= 0.6 is 11.6 Å². The second-order valence-corrected chi connectivity index (χ2v) is 7.17. The normalized spacial score (nSPS) is 14.7. The highest BCUT2D eigenvalue weighted by Crippen LogP contribution is 2.28. The number of halogens is 1. The molecule has 1 aliphatic rings. The highest BCUT2D eigenvalue weighted by Gasteiger charge is 2.21. The second-order valence-electron chi connectivity index (χ2n) is 6.73. The van der Waals surface area contributed by atoms with Crippen LogP contribution in [0.1, 0.15) is 36.8 Å². The Bertz CT molecular complexity index is 782. The van der Waals surface area contributed by atoms with Crippen molar-refractivity contribution in [3.05, 3.63) is 64.7 Å². The highest BCUT2D eigenvalue weighted by molar-refractivity contribution is 6.30. The predicted octanol–water partition coefficient (Wildman–Crippen LogP) is 4.81. The Morgan fingerprint density at radius 3 is 2.30 bits per heavy atom. The summed E-state index contributed by atoms with van der Waals surface area (Å²) in [6.45, 7) is 3.41. The molecule has 2 aromatic carbocycles. The molecule has 1 aliphatic heterocycles. The molecule has 3 rings (SSSR count). The third kappa shape index (κ3) is 5.47. The van der Waals surface area contributed by atoms with Gasteiger partial charge < -0.3 is 9.64 Å². The van der Waals surface area contributed by atoms with Crippen LogP contribution in [-0.4, -0.2) is 30.0 Å². The molecule has 0 aromatic heterocycles. The van der Waals surface area contributed by atoms with Gasteiger partial charge in [-0.3, -0.25) is 10.1 Å². The molecule has 0 bridgehead atoms. The molecule has 0 atom stereocenters.